The number of aliphatic hydroxyl groups is 1. The zero-order valence-electron chi connectivity index (χ0n) is 14.8. The van der Waals surface area contributed by atoms with Gasteiger partial charge in [0, 0.05) is 11.6 Å². The topological polar surface area (TPSA) is 124 Å². The van der Waals surface area contributed by atoms with Gasteiger partial charge in [-0.2, -0.15) is 0 Å². The zero-order valence-corrected chi connectivity index (χ0v) is 14.8. The van der Waals surface area contributed by atoms with E-state index in [1.807, 2.05) is 0 Å². The third-order valence-corrected chi connectivity index (χ3v) is 4.29. The molecule has 2 aromatic carbocycles. The molecule has 0 unspecified atom stereocenters. The number of hydrogen-bond acceptors (Lipinski definition) is 4. The van der Waals surface area contributed by atoms with Crippen LogP contribution in [0.2, 0.25) is 0 Å². The molecule has 4 N–H and O–H groups in total. The van der Waals surface area contributed by atoms with E-state index in [1.54, 1.807) is 42.5 Å². The lowest BCUT2D eigenvalue weighted by Gasteiger charge is -2.21. The van der Waals surface area contributed by atoms with Crippen LogP contribution in [-0.4, -0.2) is 45.8 Å². The Hall–Kier alpha value is -3.26. The number of carbonyl (C=O) groups is 3. The summed E-state index contributed by atoms with van der Waals surface area (Å²) in [6.07, 6.45) is 0.0142. The first-order valence-corrected chi connectivity index (χ1v) is 8.53. The highest BCUT2D eigenvalue weighted by atomic mass is 19.1. The second kappa shape index (κ2) is 9.61. The minimum atomic E-state index is -1.68. The van der Waals surface area contributed by atoms with Crippen LogP contribution in [0, 0.1) is 11.7 Å². The second-order valence-electron chi connectivity index (χ2n) is 6.31. The quantitative estimate of drug-likeness (QED) is 0.510. The molecule has 0 heterocycles. The first kappa shape index (κ1) is 21.0. The maximum atomic E-state index is 13.9. The molecule has 0 bridgehead atoms. The number of rotatable bonds is 8. The molecule has 2 rings (SSSR count). The number of hydrogen-bond donors (Lipinski definition) is 4. The Kier molecular flexibility index (Phi) is 7.22. The average molecular weight is 389 g/mol. The van der Waals surface area contributed by atoms with Crippen molar-refractivity contribution in [3.63, 3.8) is 0 Å². The Morgan fingerprint density at radius 1 is 1.00 bits per heavy atom. The smallest absolute Gasteiger partial charge is 0.394 e. The molecule has 2 atom stereocenters. The van der Waals surface area contributed by atoms with Gasteiger partial charge in [-0.15, -0.1) is 0 Å². The minimum absolute atomic E-state index is 0.139. The molecular formula is C20H20FNO6. The van der Waals surface area contributed by atoms with Crippen molar-refractivity contribution in [2.24, 2.45) is 5.92 Å². The fourth-order valence-corrected chi connectivity index (χ4v) is 2.84. The van der Waals surface area contributed by atoms with E-state index in [1.165, 1.54) is 6.07 Å². The van der Waals surface area contributed by atoms with Crippen LogP contribution in [0.1, 0.15) is 12.0 Å². The van der Waals surface area contributed by atoms with E-state index in [4.69, 9.17) is 10.2 Å². The monoisotopic (exact) mass is 389 g/mol. The van der Waals surface area contributed by atoms with Gasteiger partial charge >= 0.3 is 17.8 Å². The van der Waals surface area contributed by atoms with Crippen molar-refractivity contribution in [2.45, 2.75) is 18.9 Å². The number of carboxylic acid groups (broad SMARTS) is 2. The number of aliphatic hydroxyl groups excluding tert-OH is 1. The van der Waals surface area contributed by atoms with Gasteiger partial charge < -0.3 is 20.6 Å². The van der Waals surface area contributed by atoms with Crippen molar-refractivity contribution in [1.29, 1.82) is 0 Å². The van der Waals surface area contributed by atoms with Gasteiger partial charge in [0.2, 0.25) is 0 Å². The van der Waals surface area contributed by atoms with E-state index < -0.39 is 36.4 Å². The van der Waals surface area contributed by atoms with E-state index >= 15 is 0 Å². The first-order chi connectivity index (χ1) is 13.3. The Morgan fingerprint density at radius 2 is 1.64 bits per heavy atom. The summed E-state index contributed by atoms with van der Waals surface area (Å²) in [5.74, 6) is -5.69. The van der Waals surface area contributed by atoms with Crippen LogP contribution in [0.25, 0.3) is 11.1 Å². The van der Waals surface area contributed by atoms with Crippen molar-refractivity contribution in [2.75, 3.05) is 6.61 Å². The van der Waals surface area contributed by atoms with Gasteiger partial charge in [-0.25, -0.2) is 9.18 Å². The van der Waals surface area contributed by atoms with E-state index in [-0.39, 0.29) is 18.7 Å². The Morgan fingerprint density at radius 3 is 2.18 bits per heavy atom. The molecule has 0 saturated carbocycles. The fraction of sp³-hybridized carbons (Fsp3) is 0.250. The molecule has 0 fully saturated rings. The molecule has 8 heteroatoms. The van der Waals surface area contributed by atoms with Crippen molar-refractivity contribution < 1.29 is 34.1 Å². The van der Waals surface area contributed by atoms with Crippen LogP contribution < -0.4 is 5.32 Å². The lowest BCUT2D eigenvalue weighted by molar-refractivity contribution is -0.150. The first-order valence-electron chi connectivity index (χ1n) is 8.53. The van der Waals surface area contributed by atoms with Gasteiger partial charge in [0.15, 0.2) is 0 Å². The van der Waals surface area contributed by atoms with Crippen LogP contribution >= 0.6 is 0 Å². The molecular weight excluding hydrogens is 369 g/mol. The molecule has 0 aliphatic rings. The molecule has 7 nitrogen and oxygen atoms in total. The molecule has 0 spiro atoms. The summed E-state index contributed by atoms with van der Waals surface area (Å²) in [5.41, 5.74) is 1.76. The SMILES string of the molecule is O=C(O)C(=O)N[C@H](Cc1ccc(-c2ccccc2F)cc1)C[C@@H](CO)C(=O)O. The standard InChI is InChI=1S/C20H20FNO6/c21-17-4-2-1-3-16(17)13-7-5-12(6-8-13)9-15(22-18(24)20(27)28)10-14(11-23)19(25)26/h1-8,14-15,23H,9-11H2,(H,22,24)(H,25,26)(H,27,28)/t14-,15+/m0/s1. The predicted molar refractivity (Wildman–Crippen MR) is 97.9 cm³/mol. The number of nitrogens with one attached hydrogen (secondary N) is 1. The van der Waals surface area contributed by atoms with E-state index in [9.17, 15) is 23.9 Å². The maximum Gasteiger partial charge on any atom is 0.394 e. The molecule has 2 aromatic rings. The summed E-state index contributed by atoms with van der Waals surface area (Å²) < 4.78 is 13.9. The lowest BCUT2D eigenvalue weighted by atomic mass is 9.94. The van der Waals surface area contributed by atoms with Crippen molar-refractivity contribution in [3.05, 3.63) is 59.9 Å². The summed E-state index contributed by atoms with van der Waals surface area (Å²) in [4.78, 5) is 33.4. The van der Waals surface area contributed by atoms with Crippen LogP contribution in [0.5, 0.6) is 0 Å². The van der Waals surface area contributed by atoms with Crippen LogP contribution in [0.15, 0.2) is 48.5 Å². The van der Waals surface area contributed by atoms with Crippen LogP contribution in [-0.2, 0) is 20.8 Å². The van der Waals surface area contributed by atoms with Gasteiger partial charge in [0.1, 0.15) is 5.82 Å². The lowest BCUT2D eigenvalue weighted by Crippen LogP contribution is -2.42. The molecule has 0 saturated heterocycles. The Labute approximate surface area is 160 Å². The molecule has 0 radical (unpaired) electrons. The number of halogens is 1. The highest BCUT2D eigenvalue weighted by Crippen LogP contribution is 2.23. The molecule has 1 amide bonds. The Balaban J connectivity index is 2.18. The largest absolute Gasteiger partial charge is 0.481 e. The van der Waals surface area contributed by atoms with Crippen molar-refractivity contribution >= 4 is 17.8 Å². The third-order valence-electron chi connectivity index (χ3n) is 4.29. The fourth-order valence-electron chi connectivity index (χ4n) is 2.84. The summed E-state index contributed by atoms with van der Waals surface area (Å²) in [6.45, 7) is -0.638. The summed E-state index contributed by atoms with van der Waals surface area (Å²) in [5, 5.41) is 29.3. The van der Waals surface area contributed by atoms with E-state index in [0.29, 0.717) is 16.7 Å². The number of amides is 1. The minimum Gasteiger partial charge on any atom is -0.481 e. The third kappa shape index (κ3) is 5.62. The number of aliphatic carboxylic acids is 2. The Bertz CT molecular complexity index is 852. The van der Waals surface area contributed by atoms with E-state index in [2.05, 4.69) is 5.32 Å². The molecule has 0 aliphatic heterocycles. The predicted octanol–water partition coefficient (Wildman–Crippen LogP) is 1.69. The van der Waals surface area contributed by atoms with Gasteiger partial charge in [-0.3, -0.25) is 9.59 Å². The van der Waals surface area contributed by atoms with Gasteiger partial charge in [0.05, 0.1) is 12.5 Å². The highest BCUT2D eigenvalue weighted by molar-refractivity contribution is 6.31. The summed E-state index contributed by atoms with van der Waals surface area (Å²) in [7, 11) is 0. The molecule has 0 aromatic heterocycles. The van der Waals surface area contributed by atoms with Gasteiger partial charge in [0.25, 0.3) is 0 Å². The molecule has 0 aliphatic carbocycles. The van der Waals surface area contributed by atoms with E-state index in [0.717, 1.165) is 0 Å². The normalized spacial score (nSPS) is 12.8. The van der Waals surface area contributed by atoms with Gasteiger partial charge in [-0.05, 0) is 30.0 Å². The maximum absolute atomic E-state index is 13.9. The second-order valence-corrected chi connectivity index (χ2v) is 6.31. The number of benzene rings is 2. The molecule has 28 heavy (non-hydrogen) atoms. The van der Waals surface area contributed by atoms with Gasteiger partial charge in [-0.1, -0.05) is 42.5 Å². The molecule has 148 valence electrons. The average Bonchev–Trinajstić information content (AvgIpc) is 2.66. The number of carbonyl (C=O) groups excluding carboxylic acids is 1. The number of carboxylic acids is 2. The summed E-state index contributed by atoms with van der Waals surface area (Å²) >= 11 is 0. The highest BCUT2D eigenvalue weighted by Gasteiger charge is 2.25. The van der Waals surface area contributed by atoms with Crippen LogP contribution in [0.4, 0.5) is 4.39 Å². The zero-order chi connectivity index (χ0) is 20.7. The van der Waals surface area contributed by atoms with Crippen molar-refractivity contribution in [3.8, 4) is 11.1 Å². The van der Waals surface area contributed by atoms with Crippen LogP contribution in [0.3, 0.4) is 0 Å². The van der Waals surface area contributed by atoms with Crippen molar-refractivity contribution in [1.82, 2.24) is 5.32 Å². The summed E-state index contributed by atoms with van der Waals surface area (Å²) in [6, 6.07) is 12.2.